The Morgan fingerprint density at radius 2 is 2.00 bits per heavy atom. The Balaban J connectivity index is 2.28. The number of ether oxygens (including phenoxy) is 1. The molecule has 3 rings (SSSR count). The van der Waals surface area contributed by atoms with Crippen LogP contribution >= 0.6 is 0 Å². The highest BCUT2D eigenvalue weighted by molar-refractivity contribution is 5.79. The molecule has 0 atom stereocenters. The summed E-state index contributed by atoms with van der Waals surface area (Å²) in [6.07, 6.45) is 7.76. The van der Waals surface area contributed by atoms with Crippen molar-refractivity contribution < 1.29 is 4.74 Å². The van der Waals surface area contributed by atoms with Crippen LogP contribution in [0.5, 0.6) is 5.75 Å². The minimum absolute atomic E-state index is 0.603. The highest BCUT2D eigenvalue weighted by Gasteiger charge is 2.10. The zero-order valence-electron chi connectivity index (χ0n) is 8.76. The van der Waals surface area contributed by atoms with Crippen molar-refractivity contribution in [2.45, 2.75) is 0 Å². The summed E-state index contributed by atoms with van der Waals surface area (Å²) < 4.78 is 5.68. The highest BCUT2D eigenvalue weighted by atomic mass is 16.5. The van der Waals surface area contributed by atoms with E-state index in [0.717, 1.165) is 16.9 Å². The van der Waals surface area contributed by atoms with Crippen molar-refractivity contribution in [2.24, 2.45) is 0 Å². The van der Waals surface area contributed by atoms with Crippen LogP contribution in [-0.2, 0) is 0 Å². The van der Waals surface area contributed by atoms with Crippen LogP contribution in [0.1, 0.15) is 5.56 Å². The summed E-state index contributed by atoms with van der Waals surface area (Å²) in [6.45, 7) is 0.603. The van der Waals surface area contributed by atoms with Crippen LogP contribution in [0.2, 0.25) is 0 Å². The molecule has 0 bridgehead atoms. The van der Waals surface area contributed by atoms with Crippen LogP contribution < -0.4 is 4.74 Å². The van der Waals surface area contributed by atoms with Gasteiger partial charge in [0.1, 0.15) is 12.4 Å². The van der Waals surface area contributed by atoms with Gasteiger partial charge in [0.25, 0.3) is 0 Å². The van der Waals surface area contributed by atoms with E-state index in [-0.39, 0.29) is 0 Å². The van der Waals surface area contributed by atoms with Crippen LogP contribution in [0.3, 0.4) is 0 Å². The Kier molecular flexibility index (Phi) is 2.18. The Morgan fingerprint density at radius 1 is 1.06 bits per heavy atom. The van der Waals surface area contributed by atoms with Crippen molar-refractivity contribution in [2.75, 3.05) is 6.61 Å². The molecule has 0 saturated heterocycles. The number of para-hydroxylation sites is 1. The lowest BCUT2D eigenvalue weighted by Crippen LogP contribution is -1.99. The van der Waals surface area contributed by atoms with E-state index in [1.54, 1.807) is 0 Å². The van der Waals surface area contributed by atoms with E-state index in [9.17, 15) is 0 Å². The second kappa shape index (κ2) is 3.81. The predicted molar refractivity (Wildman–Crippen MR) is 64.2 cm³/mol. The molecule has 2 heteroatoms. The van der Waals surface area contributed by atoms with E-state index in [0.29, 0.717) is 6.61 Å². The summed E-state index contributed by atoms with van der Waals surface area (Å²) in [6, 6.07) is 10.1. The van der Waals surface area contributed by atoms with Gasteiger partial charge < -0.3 is 4.74 Å². The number of pyridine rings is 1. The van der Waals surface area contributed by atoms with Crippen molar-refractivity contribution in [3.8, 4) is 16.9 Å². The molecule has 78 valence electrons. The zero-order valence-corrected chi connectivity index (χ0v) is 8.76. The molecule has 0 spiro atoms. The van der Waals surface area contributed by atoms with Gasteiger partial charge in [-0.15, -0.1) is 0 Å². The second-order valence-electron chi connectivity index (χ2n) is 3.67. The van der Waals surface area contributed by atoms with E-state index < -0.39 is 0 Å². The minimum Gasteiger partial charge on any atom is -0.489 e. The lowest BCUT2D eigenvalue weighted by molar-refractivity contribution is 0.364. The molecule has 0 unspecified atom stereocenters. The van der Waals surface area contributed by atoms with E-state index in [2.05, 4.69) is 17.1 Å². The molecule has 16 heavy (non-hydrogen) atoms. The summed E-state index contributed by atoms with van der Waals surface area (Å²) >= 11 is 0. The molecule has 1 aromatic carbocycles. The molecule has 1 aromatic heterocycles. The molecule has 2 nitrogen and oxygen atoms in total. The molecule has 0 aliphatic carbocycles. The van der Waals surface area contributed by atoms with Gasteiger partial charge in [-0.2, -0.15) is 0 Å². The largest absolute Gasteiger partial charge is 0.489 e. The first-order chi connectivity index (χ1) is 7.95. The Bertz CT molecular complexity index is 546. The maximum Gasteiger partial charge on any atom is 0.127 e. The van der Waals surface area contributed by atoms with E-state index in [4.69, 9.17) is 4.74 Å². The van der Waals surface area contributed by atoms with Crippen LogP contribution in [0.4, 0.5) is 0 Å². The molecular formula is C14H11NO. The third kappa shape index (κ3) is 1.48. The van der Waals surface area contributed by atoms with Gasteiger partial charge in [-0.1, -0.05) is 24.3 Å². The molecule has 0 amide bonds. The van der Waals surface area contributed by atoms with Gasteiger partial charge in [0, 0.05) is 23.5 Å². The van der Waals surface area contributed by atoms with Crippen molar-refractivity contribution in [3.63, 3.8) is 0 Å². The van der Waals surface area contributed by atoms with E-state index >= 15 is 0 Å². The lowest BCUT2D eigenvalue weighted by Gasteiger charge is -2.14. The van der Waals surface area contributed by atoms with E-state index in [1.807, 2.05) is 42.7 Å². The quantitative estimate of drug-likeness (QED) is 0.665. The first-order valence-electron chi connectivity index (χ1n) is 5.28. The van der Waals surface area contributed by atoms with Crippen LogP contribution in [-0.4, -0.2) is 11.6 Å². The molecule has 0 radical (unpaired) electrons. The third-order valence-electron chi connectivity index (χ3n) is 2.66. The van der Waals surface area contributed by atoms with Crippen molar-refractivity contribution >= 4 is 6.08 Å². The molecule has 1 aliphatic heterocycles. The summed E-state index contributed by atoms with van der Waals surface area (Å²) in [4.78, 5) is 4.15. The number of rotatable bonds is 0. The maximum absolute atomic E-state index is 5.68. The van der Waals surface area contributed by atoms with Gasteiger partial charge in [-0.05, 0) is 23.8 Å². The fraction of sp³-hybridized carbons (Fsp3) is 0.0714. The number of aromatic nitrogens is 1. The van der Waals surface area contributed by atoms with Gasteiger partial charge in [-0.3, -0.25) is 4.98 Å². The van der Waals surface area contributed by atoms with E-state index in [1.165, 1.54) is 5.56 Å². The number of hydrogen-bond donors (Lipinski definition) is 0. The Labute approximate surface area is 94.2 Å². The third-order valence-corrected chi connectivity index (χ3v) is 2.66. The summed E-state index contributed by atoms with van der Waals surface area (Å²) in [7, 11) is 0. The van der Waals surface area contributed by atoms with Gasteiger partial charge in [-0.25, -0.2) is 0 Å². The molecule has 0 fully saturated rings. The Hall–Kier alpha value is -2.09. The molecule has 0 N–H and O–H groups in total. The smallest absolute Gasteiger partial charge is 0.127 e. The average Bonchev–Trinajstić information content (AvgIpc) is 2.33. The van der Waals surface area contributed by atoms with Crippen molar-refractivity contribution in [1.29, 1.82) is 0 Å². The van der Waals surface area contributed by atoms with Crippen molar-refractivity contribution in [3.05, 3.63) is 54.4 Å². The highest BCUT2D eigenvalue weighted by Crippen LogP contribution is 2.33. The second-order valence-corrected chi connectivity index (χ2v) is 3.67. The van der Waals surface area contributed by atoms with Gasteiger partial charge in [0.15, 0.2) is 0 Å². The normalized spacial score (nSPS) is 15.0. The number of nitrogens with zero attached hydrogens (tertiary/aromatic N) is 1. The first-order valence-corrected chi connectivity index (χ1v) is 5.28. The SMILES string of the molecule is C1=C\c2cnccc2-c2ccccc2OC/1. The molecule has 2 heterocycles. The summed E-state index contributed by atoms with van der Waals surface area (Å²) in [5.41, 5.74) is 3.43. The molecule has 2 aromatic rings. The van der Waals surface area contributed by atoms with Crippen LogP contribution in [0, 0.1) is 0 Å². The standard InChI is InChI=1S/C14H11NO/c1-2-6-14-13(5-1)12-7-8-15-10-11(12)4-3-9-16-14/h1-8,10H,9H2/b4-3-. The number of fused-ring (bicyclic) bond motifs is 3. The van der Waals surface area contributed by atoms with Gasteiger partial charge in [0.05, 0.1) is 0 Å². The Morgan fingerprint density at radius 3 is 3.00 bits per heavy atom. The van der Waals surface area contributed by atoms with Crippen LogP contribution in [0.15, 0.2) is 48.8 Å². The van der Waals surface area contributed by atoms with Gasteiger partial charge >= 0.3 is 0 Å². The predicted octanol–water partition coefficient (Wildman–Crippen LogP) is 3.15. The summed E-state index contributed by atoms with van der Waals surface area (Å²) in [5.74, 6) is 0.930. The fourth-order valence-electron chi connectivity index (χ4n) is 1.91. The van der Waals surface area contributed by atoms with Gasteiger partial charge in [0.2, 0.25) is 0 Å². The number of benzene rings is 1. The topological polar surface area (TPSA) is 22.1 Å². The molecule has 0 saturated carbocycles. The minimum atomic E-state index is 0.603. The fourth-order valence-corrected chi connectivity index (χ4v) is 1.91. The maximum atomic E-state index is 5.68. The number of hydrogen-bond acceptors (Lipinski definition) is 2. The summed E-state index contributed by atoms with van der Waals surface area (Å²) in [5, 5.41) is 0. The average molecular weight is 209 g/mol. The molecule has 1 aliphatic rings. The van der Waals surface area contributed by atoms with Crippen molar-refractivity contribution in [1.82, 2.24) is 4.98 Å². The monoisotopic (exact) mass is 209 g/mol. The first kappa shape index (κ1) is 9.16. The zero-order chi connectivity index (χ0) is 10.8. The van der Waals surface area contributed by atoms with Crippen LogP contribution in [0.25, 0.3) is 17.2 Å². The lowest BCUT2D eigenvalue weighted by atomic mass is 10.00. The molecular weight excluding hydrogens is 198 g/mol.